The number of hydrogen-bond donors (Lipinski definition) is 2. The quantitative estimate of drug-likeness (QED) is 0.750. The number of benzene rings is 1. The van der Waals surface area contributed by atoms with Crippen molar-refractivity contribution in [3.8, 4) is 0 Å². The molecule has 0 saturated heterocycles. The zero-order chi connectivity index (χ0) is 17.3. The molecule has 1 aliphatic carbocycles. The molecule has 25 heavy (non-hydrogen) atoms. The van der Waals surface area contributed by atoms with Gasteiger partial charge in [-0.15, -0.1) is 23.7 Å². The summed E-state index contributed by atoms with van der Waals surface area (Å²) >= 11 is 1.45. The summed E-state index contributed by atoms with van der Waals surface area (Å²) in [6, 6.07) is 6.16. The molecular weight excluding hydrogens is 380 g/mol. The van der Waals surface area contributed by atoms with Crippen molar-refractivity contribution in [2.24, 2.45) is 0 Å². The smallest absolute Gasteiger partial charge is 0.263 e. The molecule has 1 aromatic heterocycles. The van der Waals surface area contributed by atoms with E-state index in [2.05, 4.69) is 14.6 Å². The number of nitrogens with one attached hydrogen (secondary N) is 1. The summed E-state index contributed by atoms with van der Waals surface area (Å²) in [4.78, 5) is 8.13. The number of nitrogens with zero attached hydrogens (tertiary/aromatic N) is 2. The predicted molar refractivity (Wildman–Crippen MR) is 105 cm³/mol. The van der Waals surface area contributed by atoms with Gasteiger partial charge in [-0.05, 0) is 57.6 Å². The van der Waals surface area contributed by atoms with Gasteiger partial charge in [0.15, 0.2) is 5.13 Å². The number of aromatic nitrogens is 1. The summed E-state index contributed by atoms with van der Waals surface area (Å²) in [7, 11) is 0.456. The van der Waals surface area contributed by atoms with Crippen LogP contribution in [0.25, 0.3) is 0 Å². The van der Waals surface area contributed by atoms with E-state index >= 15 is 0 Å². The first-order chi connectivity index (χ1) is 11.3. The molecule has 0 bridgehead atoms. The van der Waals surface area contributed by atoms with Crippen molar-refractivity contribution < 1.29 is 8.42 Å². The van der Waals surface area contributed by atoms with E-state index in [1.54, 1.807) is 12.1 Å². The van der Waals surface area contributed by atoms with E-state index in [0.29, 0.717) is 16.7 Å². The number of nitrogens with two attached hydrogens (primary N) is 1. The van der Waals surface area contributed by atoms with Gasteiger partial charge in [-0.1, -0.05) is 0 Å². The second-order valence-electron chi connectivity index (χ2n) is 6.35. The van der Waals surface area contributed by atoms with Crippen molar-refractivity contribution in [1.82, 2.24) is 9.88 Å². The number of thiazole rings is 1. The molecule has 0 saturated carbocycles. The number of halogens is 1. The summed E-state index contributed by atoms with van der Waals surface area (Å²) in [5.74, 6) is 0.370. The molecule has 3 N–H and O–H groups in total. The molecule has 6 nitrogen and oxygen atoms in total. The minimum absolute atomic E-state index is 0. The maximum absolute atomic E-state index is 12.5. The molecule has 1 heterocycles. The van der Waals surface area contributed by atoms with Crippen LogP contribution in [0.4, 0.5) is 10.8 Å². The van der Waals surface area contributed by atoms with Crippen LogP contribution >= 0.6 is 23.7 Å². The van der Waals surface area contributed by atoms with E-state index in [0.717, 1.165) is 31.5 Å². The van der Waals surface area contributed by atoms with Crippen LogP contribution in [0.3, 0.4) is 0 Å². The number of anilines is 2. The molecule has 0 fully saturated rings. The van der Waals surface area contributed by atoms with E-state index in [4.69, 9.17) is 5.73 Å². The highest BCUT2D eigenvalue weighted by molar-refractivity contribution is 7.93. The van der Waals surface area contributed by atoms with Crippen LogP contribution in [-0.2, 0) is 16.4 Å². The van der Waals surface area contributed by atoms with Crippen LogP contribution in [0.1, 0.15) is 29.3 Å². The molecule has 0 amide bonds. The maximum atomic E-state index is 12.5. The van der Waals surface area contributed by atoms with Gasteiger partial charge in [0.1, 0.15) is 0 Å². The molecule has 0 radical (unpaired) electrons. The van der Waals surface area contributed by atoms with E-state index in [1.165, 1.54) is 28.3 Å². The minimum Gasteiger partial charge on any atom is -0.399 e. The van der Waals surface area contributed by atoms with Crippen LogP contribution in [0.2, 0.25) is 0 Å². The van der Waals surface area contributed by atoms with Crippen LogP contribution in [-0.4, -0.2) is 38.9 Å². The van der Waals surface area contributed by atoms with Gasteiger partial charge >= 0.3 is 0 Å². The van der Waals surface area contributed by atoms with Crippen LogP contribution in [0, 0.1) is 0 Å². The van der Waals surface area contributed by atoms with Crippen molar-refractivity contribution in [3.05, 3.63) is 34.8 Å². The fraction of sp³-hybridized carbons (Fsp3) is 0.438. The first-order valence-electron chi connectivity index (χ1n) is 7.88. The Morgan fingerprint density at radius 3 is 2.64 bits per heavy atom. The van der Waals surface area contributed by atoms with E-state index < -0.39 is 10.0 Å². The number of aryl methyl sites for hydroxylation is 1. The second-order valence-corrected chi connectivity index (χ2v) is 9.12. The largest absolute Gasteiger partial charge is 0.399 e. The Hall–Kier alpha value is -1.35. The predicted octanol–water partition coefficient (Wildman–Crippen LogP) is 2.93. The van der Waals surface area contributed by atoms with Crippen LogP contribution in [0.15, 0.2) is 29.2 Å². The minimum atomic E-state index is -3.64. The highest BCUT2D eigenvalue weighted by atomic mass is 35.5. The lowest BCUT2D eigenvalue weighted by Gasteiger charge is -2.23. The first-order valence-corrected chi connectivity index (χ1v) is 10.2. The van der Waals surface area contributed by atoms with Crippen molar-refractivity contribution in [1.29, 1.82) is 0 Å². The van der Waals surface area contributed by atoms with E-state index in [1.807, 2.05) is 14.1 Å². The van der Waals surface area contributed by atoms with Crippen LogP contribution < -0.4 is 10.5 Å². The van der Waals surface area contributed by atoms with Crippen molar-refractivity contribution >= 4 is 44.6 Å². The molecule has 138 valence electrons. The third kappa shape index (κ3) is 4.63. The average molecular weight is 403 g/mol. The van der Waals surface area contributed by atoms with E-state index in [-0.39, 0.29) is 17.3 Å². The molecule has 2 aromatic rings. The number of sulfonamides is 1. The third-order valence-electron chi connectivity index (χ3n) is 4.07. The molecule has 1 aliphatic rings. The lowest BCUT2D eigenvalue weighted by molar-refractivity contribution is 0.350. The SMILES string of the molecule is CN(C)CC1CCCc2sc(NS(=O)(=O)c3ccc(N)cc3)nc21.Cl. The monoisotopic (exact) mass is 402 g/mol. The maximum Gasteiger partial charge on any atom is 0.263 e. The fourth-order valence-corrected chi connectivity index (χ4v) is 5.31. The highest BCUT2D eigenvalue weighted by Crippen LogP contribution is 2.37. The molecule has 1 atom stereocenters. The zero-order valence-electron chi connectivity index (χ0n) is 14.2. The van der Waals surface area contributed by atoms with Gasteiger partial charge in [-0.25, -0.2) is 13.4 Å². The normalized spacial score (nSPS) is 17.0. The highest BCUT2D eigenvalue weighted by Gasteiger charge is 2.26. The van der Waals surface area contributed by atoms with Crippen LogP contribution in [0.5, 0.6) is 0 Å². The Morgan fingerprint density at radius 1 is 1.32 bits per heavy atom. The third-order valence-corrected chi connectivity index (χ3v) is 6.60. The Kier molecular flexibility index (Phi) is 6.31. The van der Waals surface area contributed by atoms with Crippen molar-refractivity contribution in [2.75, 3.05) is 31.1 Å². The summed E-state index contributed by atoms with van der Waals surface area (Å²) in [6.07, 6.45) is 3.19. The van der Waals surface area contributed by atoms with Gasteiger partial charge in [-0.3, -0.25) is 4.72 Å². The lowest BCUT2D eigenvalue weighted by Crippen LogP contribution is -2.23. The molecular formula is C16H23ClN4O2S2. The first kappa shape index (κ1) is 20.0. The molecule has 9 heteroatoms. The van der Waals surface area contributed by atoms with Crippen molar-refractivity contribution in [2.45, 2.75) is 30.1 Å². The molecule has 3 rings (SSSR count). The lowest BCUT2D eigenvalue weighted by atomic mass is 9.91. The number of rotatable bonds is 5. The summed E-state index contributed by atoms with van der Waals surface area (Å²) < 4.78 is 27.6. The Labute approximate surface area is 158 Å². The Morgan fingerprint density at radius 2 is 2.00 bits per heavy atom. The fourth-order valence-electron chi connectivity index (χ4n) is 2.99. The zero-order valence-corrected chi connectivity index (χ0v) is 16.7. The molecule has 1 aromatic carbocycles. The number of nitrogen functional groups attached to an aromatic ring is 1. The standard InChI is InChI=1S/C16H22N4O2S2.ClH/c1-20(2)10-11-4-3-5-14-15(11)18-16(23-14)19-24(21,22)13-8-6-12(17)7-9-13;/h6-9,11H,3-5,10,17H2,1-2H3,(H,18,19);1H. The summed E-state index contributed by atoms with van der Waals surface area (Å²) in [6.45, 7) is 0.931. The average Bonchev–Trinajstić information content (AvgIpc) is 2.90. The van der Waals surface area contributed by atoms with Crippen molar-refractivity contribution in [3.63, 3.8) is 0 Å². The number of hydrogen-bond acceptors (Lipinski definition) is 6. The van der Waals surface area contributed by atoms with E-state index in [9.17, 15) is 8.42 Å². The Bertz CT molecular complexity index is 819. The molecule has 1 unspecified atom stereocenters. The van der Waals surface area contributed by atoms with Gasteiger partial charge in [0.05, 0.1) is 10.6 Å². The molecule has 0 aliphatic heterocycles. The summed E-state index contributed by atoms with van der Waals surface area (Å²) in [5, 5.41) is 0.447. The van der Waals surface area contributed by atoms with Gasteiger partial charge in [0, 0.05) is 23.0 Å². The van der Waals surface area contributed by atoms with Gasteiger partial charge in [0.2, 0.25) is 0 Å². The second kappa shape index (κ2) is 7.90. The number of fused-ring (bicyclic) bond motifs is 1. The summed E-state index contributed by atoms with van der Waals surface area (Å²) in [5.41, 5.74) is 7.20. The Balaban J connectivity index is 0.00000225. The van der Waals surface area contributed by atoms with Gasteiger partial charge < -0.3 is 10.6 Å². The van der Waals surface area contributed by atoms with Gasteiger partial charge in [-0.2, -0.15) is 0 Å². The molecule has 0 spiro atoms. The topological polar surface area (TPSA) is 88.3 Å². The van der Waals surface area contributed by atoms with Gasteiger partial charge in [0.25, 0.3) is 10.0 Å². The number of likely N-dealkylation sites (N-methyl/N-ethyl adjacent to an activating group) is 1.